The zero-order valence-electron chi connectivity index (χ0n) is 17.0. The van der Waals surface area contributed by atoms with E-state index in [1.165, 1.54) is 103 Å². The molecule has 0 bridgehead atoms. The quantitative estimate of drug-likeness (QED) is 0.221. The van der Waals surface area contributed by atoms with E-state index in [2.05, 4.69) is 34.1 Å². The third-order valence-corrected chi connectivity index (χ3v) is 5.24. The number of rotatable bonds is 18. The van der Waals surface area contributed by atoms with Crippen molar-refractivity contribution < 1.29 is 0 Å². The van der Waals surface area contributed by atoms with Gasteiger partial charge < -0.3 is 0 Å². The zero-order valence-corrected chi connectivity index (χ0v) is 17.0. The summed E-state index contributed by atoms with van der Waals surface area (Å²) in [7, 11) is 0. The Morgan fingerprint density at radius 3 is 1.30 bits per heavy atom. The lowest BCUT2D eigenvalue weighted by atomic mass is 9.82. The molecular weight excluding hydrogens is 276 g/mol. The largest absolute Gasteiger partial charge is 0.0654 e. The molecule has 0 aliphatic heterocycles. The molecule has 0 aromatic rings. The van der Waals surface area contributed by atoms with Gasteiger partial charge in [0.2, 0.25) is 0 Å². The van der Waals surface area contributed by atoms with Crippen LogP contribution in [0, 0.1) is 18.3 Å². The molecule has 0 aliphatic rings. The molecule has 0 nitrogen and oxygen atoms in total. The molecule has 139 valence electrons. The summed E-state index contributed by atoms with van der Waals surface area (Å²) in [4.78, 5) is 0. The standard InChI is InChI=1S/C23H47/c1-5-9-12-13-16-20-23(19-15-11-7-3)21-22(17-8-4)18-14-10-6-2/h21-23H,5-20H2,1-4H3. The van der Waals surface area contributed by atoms with E-state index < -0.39 is 0 Å². The first-order chi connectivity index (χ1) is 11.3. The molecule has 0 aliphatic carbocycles. The molecule has 0 N–H and O–H groups in total. The van der Waals surface area contributed by atoms with E-state index in [4.69, 9.17) is 0 Å². The highest BCUT2D eigenvalue weighted by Gasteiger charge is 2.16. The Balaban J connectivity index is 4.18. The highest BCUT2D eigenvalue weighted by molar-refractivity contribution is 4.84. The Bertz CT molecular complexity index is 208. The van der Waals surface area contributed by atoms with Crippen LogP contribution in [0.2, 0.25) is 0 Å². The predicted octanol–water partition coefficient (Wildman–Crippen LogP) is 8.74. The van der Waals surface area contributed by atoms with Crippen LogP contribution in [0.15, 0.2) is 0 Å². The van der Waals surface area contributed by atoms with E-state index in [9.17, 15) is 0 Å². The van der Waals surface area contributed by atoms with Crippen LogP contribution in [-0.2, 0) is 0 Å². The molecule has 0 aromatic heterocycles. The minimum Gasteiger partial charge on any atom is -0.0654 e. The van der Waals surface area contributed by atoms with Crippen molar-refractivity contribution in [3.05, 3.63) is 6.42 Å². The van der Waals surface area contributed by atoms with Crippen molar-refractivity contribution in [2.75, 3.05) is 0 Å². The summed E-state index contributed by atoms with van der Waals surface area (Å²) in [5.74, 6) is 1.80. The number of hydrogen-bond acceptors (Lipinski definition) is 0. The molecule has 0 heteroatoms. The molecule has 0 rings (SSSR count). The van der Waals surface area contributed by atoms with Crippen molar-refractivity contribution in [1.82, 2.24) is 0 Å². The molecule has 0 amide bonds. The average molecular weight is 324 g/mol. The van der Waals surface area contributed by atoms with Gasteiger partial charge in [0.1, 0.15) is 0 Å². The Kier molecular flexibility index (Phi) is 18.3. The van der Waals surface area contributed by atoms with Crippen LogP contribution in [0.5, 0.6) is 0 Å². The SMILES string of the molecule is CCCCCCCC([CH]C(CCC)CCCCC)CCCCC. The lowest BCUT2D eigenvalue weighted by Crippen LogP contribution is -2.11. The predicted molar refractivity (Wildman–Crippen MR) is 108 cm³/mol. The maximum atomic E-state index is 2.80. The Hall–Kier alpha value is 0. The van der Waals surface area contributed by atoms with Gasteiger partial charge in [-0.25, -0.2) is 0 Å². The van der Waals surface area contributed by atoms with Gasteiger partial charge in [0.25, 0.3) is 0 Å². The van der Waals surface area contributed by atoms with E-state index >= 15 is 0 Å². The van der Waals surface area contributed by atoms with E-state index in [1.807, 2.05) is 0 Å². The fourth-order valence-electron chi connectivity index (χ4n) is 3.75. The van der Waals surface area contributed by atoms with Crippen LogP contribution >= 0.6 is 0 Å². The fraction of sp³-hybridized carbons (Fsp3) is 0.957. The molecular formula is C23H47. The van der Waals surface area contributed by atoms with Gasteiger partial charge >= 0.3 is 0 Å². The van der Waals surface area contributed by atoms with Crippen molar-refractivity contribution in [2.24, 2.45) is 11.8 Å². The molecule has 1 radical (unpaired) electrons. The maximum Gasteiger partial charge on any atom is -0.0324 e. The molecule has 23 heavy (non-hydrogen) atoms. The second-order valence-corrected chi connectivity index (χ2v) is 7.70. The van der Waals surface area contributed by atoms with Crippen LogP contribution in [-0.4, -0.2) is 0 Å². The van der Waals surface area contributed by atoms with E-state index in [1.54, 1.807) is 0 Å². The Labute approximate surface area is 149 Å². The van der Waals surface area contributed by atoms with Gasteiger partial charge in [-0.2, -0.15) is 0 Å². The lowest BCUT2D eigenvalue weighted by molar-refractivity contribution is 0.374. The first-order valence-electron chi connectivity index (χ1n) is 11.1. The molecule has 2 unspecified atom stereocenters. The van der Waals surface area contributed by atoms with Crippen molar-refractivity contribution in [2.45, 2.75) is 130 Å². The first kappa shape index (κ1) is 23.0. The molecule has 0 saturated heterocycles. The van der Waals surface area contributed by atoms with E-state index in [0.717, 1.165) is 11.8 Å². The molecule has 0 fully saturated rings. The second-order valence-electron chi connectivity index (χ2n) is 7.70. The topological polar surface area (TPSA) is 0 Å². The summed E-state index contributed by atoms with van der Waals surface area (Å²) in [6.45, 7) is 9.32. The van der Waals surface area contributed by atoms with Gasteiger partial charge in [0, 0.05) is 0 Å². The van der Waals surface area contributed by atoms with Crippen LogP contribution < -0.4 is 0 Å². The minimum absolute atomic E-state index is 0.897. The van der Waals surface area contributed by atoms with Gasteiger partial charge in [-0.3, -0.25) is 0 Å². The van der Waals surface area contributed by atoms with Crippen LogP contribution in [0.3, 0.4) is 0 Å². The van der Waals surface area contributed by atoms with Gasteiger partial charge in [0.15, 0.2) is 0 Å². The van der Waals surface area contributed by atoms with Crippen LogP contribution in [0.25, 0.3) is 0 Å². The van der Waals surface area contributed by atoms with Crippen molar-refractivity contribution in [3.63, 3.8) is 0 Å². The van der Waals surface area contributed by atoms with Gasteiger partial charge in [-0.1, -0.05) is 130 Å². The normalized spacial score (nSPS) is 14.1. The molecule has 2 atom stereocenters. The highest BCUT2D eigenvalue weighted by atomic mass is 14.2. The Morgan fingerprint density at radius 2 is 0.826 bits per heavy atom. The number of hydrogen-bond donors (Lipinski definition) is 0. The number of unbranched alkanes of at least 4 members (excludes halogenated alkanes) is 8. The van der Waals surface area contributed by atoms with Gasteiger partial charge in [-0.05, 0) is 18.3 Å². The van der Waals surface area contributed by atoms with Crippen LogP contribution in [0.4, 0.5) is 0 Å². The van der Waals surface area contributed by atoms with E-state index in [-0.39, 0.29) is 0 Å². The van der Waals surface area contributed by atoms with Gasteiger partial charge in [0.05, 0.1) is 0 Å². The Morgan fingerprint density at radius 1 is 0.435 bits per heavy atom. The summed E-state index contributed by atoms with van der Waals surface area (Å²) in [5.41, 5.74) is 0. The third-order valence-electron chi connectivity index (χ3n) is 5.24. The fourth-order valence-corrected chi connectivity index (χ4v) is 3.75. The summed E-state index contributed by atoms with van der Waals surface area (Å²) in [6, 6.07) is 0. The molecule has 0 saturated carbocycles. The highest BCUT2D eigenvalue weighted by Crippen LogP contribution is 2.29. The second kappa shape index (κ2) is 18.3. The first-order valence-corrected chi connectivity index (χ1v) is 11.1. The summed E-state index contributed by atoms with van der Waals surface area (Å²) >= 11 is 0. The summed E-state index contributed by atoms with van der Waals surface area (Å²) in [6.07, 6.45) is 25.5. The monoisotopic (exact) mass is 323 g/mol. The van der Waals surface area contributed by atoms with Crippen LogP contribution in [0.1, 0.15) is 130 Å². The van der Waals surface area contributed by atoms with Crippen molar-refractivity contribution in [1.29, 1.82) is 0 Å². The van der Waals surface area contributed by atoms with Crippen molar-refractivity contribution >= 4 is 0 Å². The zero-order chi connectivity index (χ0) is 17.2. The smallest absolute Gasteiger partial charge is 0.0324 e. The maximum absolute atomic E-state index is 2.80. The average Bonchev–Trinajstić information content (AvgIpc) is 2.55. The third kappa shape index (κ3) is 15.3. The molecule has 0 heterocycles. The van der Waals surface area contributed by atoms with Crippen molar-refractivity contribution in [3.8, 4) is 0 Å². The minimum atomic E-state index is 0.897. The lowest BCUT2D eigenvalue weighted by Gasteiger charge is -2.23. The van der Waals surface area contributed by atoms with Gasteiger partial charge in [-0.15, -0.1) is 0 Å². The van der Waals surface area contributed by atoms with E-state index in [0.29, 0.717) is 0 Å². The molecule has 0 spiro atoms. The summed E-state index contributed by atoms with van der Waals surface area (Å²) < 4.78 is 0. The molecule has 0 aromatic carbocycles. The summed E-state index contributed by atoms with van der Waals surface area (Å²) in [5, 5.41) is 0.